The summed E-state index contributed by atoms with van der Waals surface area (Å²) >= 11 is 0. The van der Waals surface area contributed by atoms with Gasteiger partial charge < -0.3 is 30.1 Å². The van der Waals surface area contributed by atoms with Crippen molar-refractivity contribution in [1.82, 2.24) is 10.2 Å². The van der Waals surface area contributed by atoms with Gasteiger partial charge in [0.25, 0.3) is 0 Å². The van der Waals surface area contributed by atoms with Crippen LogP contribution in [0.5, 0.6) is 0 Å². The Balaban J connectivity index is 1.87. The summed E-state index contributed by atoms with van der Waals surface area (Å²) in [5.41, 5.74) is 0.974. The van der Waals surface area contributed by atoms with Gasteiger partial charge in [-0.25, -0.2) is 9.59 Å². The van der Waals surface area contributed by atoms with Crippen LogP contribution in [0.2, 0.25) is 0 Å². The second-order valence-corrected chi connectivity index (χ2v) is 9.37. The minimum atomic E-state index is -0.871. The molecule has 2 aliphatic heterocycles. The summed E-state index contributed by atoms with van der Waals surface area (Å²) < 4.78 is 10.2. The number of urea groups is 1. The number of fused-ring (bicyclic) bond motifs is 1. The predicted octanol–water partition coefficient (Wildman–Crippen LogP) is 2.24. The second kappa shape index (κ2) is 9.84. The van der Waals surface area contributed by atoms with Gasteiger partial charge in [0.05, 0.1) is 23.5 Å². The Morgan fingerprint density at radius 1 is 1.24 bits per heavy atom. The summed E-state index contributed by atoms with van der Waals surface area (Å²) in [4.78, 5) is 51.0. The Hall–Kier alpha value is -3.40. The molecule has 184 valence electrons. The number of esters is 2. The first-order chi connectivity index (χ1) is 16.0. The highest BCUT2D eigenvalue weighted by atomic mass is 16.7. The SMILES string of the molecule is CCNC(=O)Nc1cccc(C2=C(C(=O)OCOC(=O)C(C)(C)C)N3C(=O)[C@H]([C@@H](C)O)[C@H]3C2)c1. The molecule has 0 aliphatic carbocycles. The molecule has 0 unspecified atom stereocenters. The minimum absolute atomic E-state index is 0.0499. The Bertz CT molecular complexity index is 1030. The van der Waals surface area contributed by atoms with E-state index in [4.69, 9.17) is 9.47 Å². The number of amides is 3. The van der Waals surface area contributed by atoms with E-state index in [2.05, 4.69) is 10.6 Å². The number of β-lactam (4-membered cyclic amide) rings is 1. The quantitative estimate of drug-likeness (QED) is 0.314. The Morgan fingerprint density at radius 2 is 1.94 bits per heavy atom. The third-order valence-electron chi connectivity index (χ3n) is 5.72. The molecule has 0 saturated carbocycles. The molecule has 0 bridgehead atoms. The first-order valence-electron chi connectivity index (χ1n) is 11.2. The summed E-state index contributed by atoms with van der Waals surface area (Å²) in [6.07, 6.45) is -0.540. The molecule has 3 atom stereocenters. The van der Waals surface area contributed by atoms with Crippen LogP contribution in [0.15, 0.2) is 30.0 Å². The molecule has 2 heterocycles. The number of aliphatic hydroxyl groups is 1. The van der Waals surface area contributed by atoms with Crippen LogP contribution in [0, 0.1) is 11.3 Å². The van der Waals surface area contributed by atoms with E-state index in [9.17, 15) is 24.3 Å². The van der Waals surface area contributed by atoms with Gasteiger partial charge in [0.2, 0.25) is 12.7 Å². The van der Waals surface area contributed by atoms with Crippen LogP contribution in [-0.2, 0) is 23.9 Å². The molecule has 10 heteroatoms. The van der Waals surface area contributed by atoms with E-state index in [1.54, 1.807) is 58.9 Å². The lowest BCUT2D eigenvalue weighted by Crippen LogP contribution is -2.61. The van der Waals surface area contributed by atoms with Crippen molar-refractivity contribution in [2.24, 2.45) is 11.3 Å². The molecule has 0 spiro atoms. The highest BCUT2D eigenvalue weighted by Gasteiger charge is 2.57. The van der Waals surface area contributed by atoms with Crippen molar-refractivity contribution < 1.29 is 33.8 Å². The van der Waals surface area contributed by atoms with Crippen molar-refractivity contribution in [2.75, 3.05) is 18.7 Å². The van der Waals surface area contributed by atoms with E-state index in [0.717, 1.165) is 0 Å². The second-order valence-electron chi connectivity index (χ2n) is 9.37. The number of carbonyl (C=O) groups is 4. The zero-order valence-corrected chi connectivity index (χ0v) is 20.0. The average Bonchev–Trinajstić information content (AvgIpc) is 3.08. The minimum Gasteiger partial charge on any atom is -0.427 e. The molecule has 34 heavy (non-hydrogen) atoms. The zero-order chi connectivity index (χ0) is 25.2. The molecule has 1 aromatic carbocycles. The summed E-state index contributed by atoms with van der Waals surface area (Å²) in [5, 5.41) is 15.4. The molecule has 3 rings (SSSR count). The first kappa shape index (κ1) is 25.2. The number of nitrogens with one attached hydrogen (secondary N) is 2. The van der Waals surface area contributed by atoms with Crippen molar-refractivity contribution >= 4 is 35.1 Å². The number of benzene rings is 1. The van der Waals surface area contributed by atoms with Gasteiger partial charge in [0, 0.05) is 12.2 Å². The van der Waals surface area contributed by atoms with E-state index in [1.165, 1.54) is 4.90 Å². The average molecular weight is 474 g/mol. The molecule has 3 amide bonds. The van der Waals surface area contributed by atoms with Gasteiger partial charge >= 0.3 is 18.0 Å². The Kier molecular flexibility index (Phi) is 7.30. The number of hydrogen-bond acceptors (Lipinski definition) is 7. The van der Waals surface area contributed by atoms with Crippen LogP contribution in [0.4, 0.5) is 10.5 Å². The molecule has 10 nitrogen and oxygen atoms in total. The third kappa shape index (κ3) is 5.06. The van der Waals surface area contributed by atoms with Crippen LogP contribution < -0.4 is 10.6 Å². The van der Waals surface area contributed by atoms with Crippen molar-refractivity contribution in [2.45, 2.75) is 53.2 Å². The van der Waals surface area contributed by atoms with Gasteiger partial charge in [-0.1, -0.05) is 12.1 Å². The number of hydrogen-bond donors (Lipinski definition) is 3. The number of rotatable bonds is 7. The fraction of sp³-hybridized carbons (Fsp3) is 0.500. The highest BCUT2D eigenvalue weighted by molar-refractivity contribution is 6.07. The molecule has 1 aromatic rings. The lowest BCUT2D eigenvalue weighted by molar-refractivity contribution is -0.175. The van der Waals surface area contributed by atoms with Crippen molar-refractivity contribution in [3.63, 3.8) is 0 Å². The Labute approximate surface area is 198 Å². The molecule has 3 N–H and O–H groups in total. The van der Waals surface area contributed by atoms with Gasteiger partial charge in [-0.15, -0.1) is 0 Å². The van der Waals surface area contributed by atoms with Crippen LogP contribution in [0.1, 0.15) is 46.6 Å². The van der Waals surface area contributed by atoms with Crippen LogP contribution in [0.3, 0.4) is 0 Å². The number of nitrogens with zero attached hydrogens (tertiary/aromatic N) is 1. The predicted molar refractivity (Wildman–Crippen MR) is 123 cm³/mol. The molecule has 0 radical (unpaired) electrons. The molecule has 1 saturated heterocycles. The number of ether oxygens (including phenoxy) is 2. The van der Waals surface area contributed by atoms with E-state index >= 15 is 0 Å². The van der Waals surface area contributed by atoms with E-state index < -0.39 is 36.2 Å². The molecule has 1 fully saturated rings. The standard InChI is InChI=1S/C24H31N3O7/c1-6-25-23(32)26-15-9-7-8-14(10-15)16-11-17-18(13(2)28)20(29)27(17)19(16)21(30)33-12-34-22(31)24(3,4)5/h7-10,13,17-18,28H,6,11-12H2,1-5H3,(H2,25,26,32)/t13-,17-,18-/m1/s1. The fourth-order valence-corrected chi connectivity index (χ4v) is 4.06. The summed E-state index contributed by atoms with van der Waals surface area (Å²) in [6.45, 7) is 8.25. The van der Waals surface area contributed by atoms with E-state index in [1.807, 2.05) is 0 Å². The van der Waals surface area contributed by atoms with Crippen molar-refractivity contribution in [3.05, 3.63) is 35.5 Å². The van der Waals surface area contributed by atoms with Gasteiger partial charge in [-0.05, 0) is 64.3 Å². The smallest absolute Gasteiger partial charge is 0.358 e. The first-order valence-corrected chi connectivity index (χ1v) is 11.2. The van der Waals surface area contributed by atoms with Crippen molar-refractivity contribution in [1.29, 1.82) is 0 Å². The van der Waals surface area contributed by atoms with E-state index in [-0.39, 0.29) is 23.7 Å². The third-order valence-corrected chi connectivity index (χ3v) is 5.72. The van der Waals surface area contributed by atoms with Gasteiger partial charge in [0.15, 0.2) is 0 Å². The van der Waals surface area contributed by atoms with Gasteiger partial charge in [-0.2, -0.15) is 0 Å². The largest absolute Gasteiger partial charge is 0.427 e. The maximum Gasteiger partial charge on any atom is 0.358 e. The molecular weight excluding hydrogens is 442 g/mol. The fourth-order valence-electron chi connectivity index (χ4n) is 4.06. The lowest BCUT2D eigenvalue weighted by atomic mass is 9.82. The van der Waals surface area contributed by atoms with Crippen LogP contribution in [0.25, 0.3) is 5.57 Å². The number of aliphatic hydroxyl groups excluding tert-OH is 1. The van der Waals surface area contributed by atoms with E-state index in [0.29, 0.717) is 29.8 Å². The molecule has 2 aliphatic rings. The summed E-state index contributed by atoms with van der Waals surface area (Å²) in [7, 11) is 0. The molecule has 0 aromatic heterocycles. The van der Waals surface area contributed by atoms with Crippen LogP contribution >= 0.6 is 0 Å². The topological polar surface area (TPSA) is 134 Å². The maximum absolute atomic E-state index is 13.0. The van der Waals surface area contributed by atoms with Crippen molar-refractivity contribution in [3.8, 4) is 0 Å². The molecular formula is C24H31N3O7. The normalized spacial score (nSPS) is 20.3. The number of carbonyl (C=O) groups excluding carboxylic acids is 4. The summed E-state index contributed by atoms with van der Waals surface area (Å²) in [5.74, 6) is -2.34. The van der Waals surface area contributed by atoms with Gasteiger partial charge in [-0.3, -0.25) is 9.59 Å². The summed E-state index contributed by atoms with van der Waals surface area (Å²) in [6, 6.07) is 6.14. The monoisotopic (exact) mass is 473 g/mol. The van der Waals surface area contributed by atoms with Gasteiger partial charge in [0.1, 0.15) is 5.70 Å². The maximum atomic E-state index is 13.0. The lowest BCUT2D eigenvalue weighted by Gasteiger charge is -2.44. The van der Waals surface area contributed by atoms with Crippen LogP contribution in [-0.4, -0.2) is 59.4 Å². The number of anilines is 1. The highest BCUT2D eigenvalue weighted by Crippen LogP contribution is 2.47. The Morgan fingerprint density at radius 3 is 2.56 bits per heavy atom. The zero-order valence-electron chi connectivity index (χ0n) is 20.0.